The van der Waals surface area contributed by atoms with Crippen LogP contribution >= 0.6 is 0 Å². The summed E-state index contributed by atoms with van der Waals surface area (Å²) >= 11 is 0. The van der Waals surface area contributed by atoms with Crippen molar-refractivity contribution in [2.24, 2.45) is 0 Å². The molecule has 0 aliphatic carbocycles. The Morgan fingerprint density at radius 1 is 0.850 bits per heavy atom. The molecule has 20 heavy (non-hydrogen) atoms. The summed E-state index contributed by atoms with van der Waals surface area (Å²) in [7, 11) is 0. The second kappa shape index (κ2) is 4.20. The van der Waals surface area contributed by atoms with Crippen LogP contribution in [0.15, 0.2) is 60.8 Å². The SMILES string of the molecule is Cc1ccnc(-c2ccc3c(c2)[nH]c2ccccc23)c1. The van der Waals surface area contributed by atoms with Gasteiger partial charge in [0.25, 0.3) is 0 Å². The smallest absolute Gasteiger partial charge is 0.0705 e. The summed E-state index contributed by atoms with van der Waals surface area (Å²) in [6, 6.07) is 19.0. The Bertz CT molecular complexity index is 919. The second-order valence-electron chi connectivity index (χ2n) is 5.15. The number of pyridine rings is 1. The van der Waals surface area contributed by atoms with Crippen LogP contribution in [0.1, 0.15) is 5.56 Å². The van der Waals surface area contributed by atoms with E-state index >= 15 is 0 Å². The van der Waals surface area contributed by atoms with E-state index in [1.165, 1.54) is 21.9 Å². The number of aryl methyl sites for hydroxylation is 1. The fourth-order valence-corrected chi connectivity index (χ4v) is 2.71. The average molecular weight is 258 g/mol. The molecule has 0 unspecified atom stereocenters. The van der Waals surface area contributed by atoms with E-state index in [2.05, 4.69) is 65.4 Å². The Labute approximate surface area is 117 Å². The molecule has 4 rings (SSSR count). The van der Waals surface area contributed by atoms with Gasteiger partial charge in [-0.2, -0.15) is 0 Å². The maximum atomic E-state index is 4.46. The minimum absolute atomic E-state index is 1.02. The predicted molar refractivity (Wildman–Crippen MR) is 83.8 cm³/mol. The van der Waals surface area contributed by atoms with Crippen molar-refractivity contribution in [1.29, 1.82) is 0 Å². The minimum Gasteiger partial charge on any atom is -0.354 e. The highest BCUT2D eigenvalue weighted by Crippen LogP contribution is 2.28. The highest BCUT2D eigenvalue weighted by Gasteiger charge is 2.06. The average Bonchev–Trinajstić information content (AvgIpc) is 2.85. The van der Waals surface area contributed by atoms with Crippen LogP contribution in [0.4, 0.5) is 0 Å². The number of nitrogens with one attached hydrogen (secondary N) is 1. The van der Waals surface area contributed by atoms with E-state index in [1.54, 1.807) is 0 Å². The van der Waals surface area contributed by atoms with E-state index in [0.29, 0.717) is 0 Å². The van der Waals surface area contributed by atoms with Crippen LogP contribution in [-0.4, -0.2) is 9.97 Å². The van der Waals surface area contributed by atoms with Crippen molar-refractivity contribution < 1.29 is 0 Å². The fraction of sp³-hybridized carbons (Fsp3) is 0.0556. The molecule has 0 amide bonds. The summed E-state index contributed by atoms with van der Waals surface area (Å²) in [5, 5.41) is 2.53. The lowest BCUT2D eigenvalue weighted by atomic mass is 10.1. The first kappa shape index (κ1) is 11.2. The largest absolute Gasteiger partial charge is 0.354 e. The summed E-state index contributed by atoms with van der Waals surface area (Å²) in [4.78, 5) is 7.93. The molecule has 0 aliphatic rings. The molecule has 0 radical (unpaired) electrons. The quantitative estimate of drug-likeness (QED) is 0.527. The molecule has 96 valence electrons. The first-order valence-electron chi connectivity index (χ1n) is 6.75. The minimum atomic E-state index is 1.02. The van der Waals surface area contributed by atoms with Crippen molar-refractivity contribution in [2.75, 3.05) is 0 Å². The van der Waals surface area contributed by atoms with Crippen LogP contribution in [-0.2, 0) is 0 Å². The van der Waals surface area contributed by atoms with Gasteiger partial charge in [-0.15, -0.1) is 0 Å². The Morgan fingerprint density at radius 3 is 2.60 bits per heavy atom. The normalized spacial score (nSPS) is 11.2. The lowest BCUT2D eigenvalue weighted by Gasteiger charge is -2.02. The molecule has 1 N–H and O–H groups in total. The molecular formula is C18H14N2. The van der Waals surface area contributed by atoms with Crippen LogP contribution in [0.25, 0.3) is 33.1 Å². The van der Waals surface area contributed by atoms with Gasteiger partial charge < -0.3 is 4.98 Å². The molecule has 4 aromatic rings. The Kier molecular flexibility index (Phi) is 2.36. The summed E-state index contributed by atoms with van der Waals surface area (Å²) in [5.74, 6) is 0. The number of H-pyrrole nitrogens is 1. The third-order valence-electron chi connectivity index (χ3n) is 3.72. The Morgan fingerprint density at radius 2 is 1.70 bits per heavy atom. The maximum Gasteiger partial charge on any atom is 0.0705 e. The van der Waals surface area contributed by atoms with Gasteiger partial charge in [0, 0.05) is 33.6 Å². The van der Waals surface area contributed by atoms with Crippen LogP contribution < -0.4 is 0 Å². The van der Waals surface area contributed by atoms with Gasteiger partial charge >= 0.3 is 0 Å². The van der Waals surface area contributed by atoms with Crippen LogP contribution in [0, 0.1) is 6.92 Å². The van der Waals surface area contributed by atoms with E-state index in [0.717, 1.165) is 16.8 Å². The number of para-hydroxylation sites is 1. The van der Waals surface area contributed by atoms with E-state index in [1.807, 2.05) is 12.3 Å². The first-order chi connectivity index (χ1) is 9.81. The summed E-state index contributed by atoms with van der Waals surface area (Å²) in [6.45, 7) is 2.09. The Hall–Kier alpha value is -2.61. The van der Waals surface area contributed by atoms with Crippen LogP contribution in [0.5, 0.6) is 0 Å². The van der Waals surface area contributed by atoms with Crippen LogP contribution in [0.3, 0.4) is 0 Å². The molecule has 0 spiro atoms. The molecule has 0 atom stereocenters. The van der Waals surface area contributed by atoms with Gasteiger partial charge in [-0.3, -0.25) is 4.98 Å². The van der Waals surface area contributed by atoms with E-state index in [-0.39, 0.29) is 0 Å². The monoisotopic (exact) mass is 258 g/mol. The van der Waals surface area contributed by atoms with E-state index in [4.69, 9.17) is 0 Å². The van der Waals surface area contributed by atoms with E-state index < -0.39 is 0 Å². The number of aromatic amines is 1. The molecular weight excluding hydrogens is 244 g/mol. The molecule has 0 aliphatic heterocycles. The zero-order chi connectivity index (χ0) is 13.5. The molecule has 0 bridgehead atoms. The zero-order valence-corrected chi connectivity index (χ0v) is 11.2. The Balaban J connectivity index is 1.97. The first-order valence-corrected chi connectivity index (χ1v) is 6.75. The van der Waals surface area contributed by atoms with Crippen molar-refractivity contribution >= 4 is 21.8 Å². The van der Waals surface area contributed by atoms with Gasteiger partial charge in [0.2, 0.25) is 0 Å². The van der Waals surface area contributed by atoms with Crippen molar-refractivity contribution in [1.82, 2.24) is 9.97 Å². The second-order valence-corrected chi connectivity index (χ2v) is 5.15. The molecule has 0 fully saturated rings. The zero-order valence-electron chi connectivity index (χ0n) is 11.2. The molecule has 2 heteroatoms. The van der Waals surface area contributed by atoms with Gasteiger partial charge in [0.1, 0.15) is 0 Å². The number of nitrogens with zero attached hydrogens (tertiary/aromatic N) is 1. The number of fused-ring (bicyclic) bond motifs is 3. The van der Waals surface area contributed by atoms with Gasteiger partial charge in [-0.25, -0.2) is 0 Å². The molecule has 2 aromatic heterocycles. The number of rotatable bonds is 1. The van der Waals surface area contributed by atoms with Crippen LogP contribution in [0.2, 0.25) is 0 Å². The summed E-state index contributed by atoms with van der Waals surface area (Å²) < 4.78 is 0. The molecule has 2 aromatic carbocycles. The van der Waals surface area contributed by atoms with E-state index in [9.17, 15) is 0 Å². The van der Waals surface area contributed by atoms with Crippen molar-refractivity contribution in [3.63, 3.8) is 0 Å². The number of benzene rings is 2. The lowest BCUT2D eigenvalue weighted by Crippen LogP contribution is -1.84. The third kappa shape index (κ3) is 1.69. The third-order valence-corrected chi connectivity index (χ3v) is 3.72. The topological polar surface area (TPSA) is 28.7 Å². The van der Waals surface area contributed by atoms with Crippen molar-refractivity contribution in [3.05, 3.63) is 66.4 Å². The summed E-state index contributed by atoms with van der Waals surface area (Å²) in [5.41, 5.74) is 5.73. The molecule has 0 saturated carbocycles. The van der Waals surface area contributed by atoms with Crippen molar-refractivity contribution in [3.8, 4) is 11.3 Å². The highest BCUT2D eigenvalue weighted by atomic mass is 14.7. The fourth-order valence-electron chi connectivity index (χ4n) is 2.71. The predicted octanol–water partition coefficient (Wildman–Crippen LogP) is 4.69. The summed E-state index contributed by atoms with van der Waals surface area (Å²) in [6.07, 6.45) is 1.86. The van der Waals surface area contributed by atoms with Gasteiger partial charge in [-0.1, -0.05) is 30.3 Å². The standard InChI is InChI=1S/C18H14N2/c1-12-8-9-19-17(10-12)13-6-7-15-14-4-2-3-5-16(14)20-18(15)11-13/h2-11,20H,1H3. The van der Waals surface area contributed by atoms with Gasteiger partial charge in [-0.05, 0) is 36.8 Å². The maximum absolute atomic E-state index is 4.46. The number of hydrogen-bond acceptors (Lipinski definition) is 1. The number of aromatic nitrogens is 2. The number of hydrogen-bond donors (Lipinski definition) is 1. The lowest BCUT2D eigenvalue weighted by molar-refractivity contribution is 1.29. The molecule has 2 heterocycles. The van der Waals surface area contributed by atoms with Gasteiger partial charge in [0.05, 0.1) is 5.69 Å². The molecule has 0 saturated heterocycles. The van der Waals surface area contributed by atoms with Crippen molar-refractivity contribution in [2.45, 2.75) is 6.92 Å². The molecule has 2 nitrogen and oxygen atoms in total. The van der Waals surface area contributed by atoms with Gasteiger partial charge in [0.15, 0.2) is 0 Å². The highest BCUT2D eigenvalue weighted by molar-refractivity contribution is 6.08.